The summed E-state index contributed by atoms with van der Waals surface area (Å²) >= 11 is 7.31. The van der Waals surface area contributed by atoms with Crippen molar-refractivity contribution < 1.29 is 19.1 Å². The zero-order valence-corrected chi connectivity index (χ0v) is 21.4. The molecule has 9 heteroatoms. The smallest absolute Gasteiger partial charge is 0.350 e. The number of carbonyl (C=O) groups excluding carboxylic acids is 3. The van der Waals surface area contributed by atoms with Crippen LogP contribution in [-0.2, 0) is 9.53 Å². The van der Waals surface area contributed by atoms with Gasteiger partial charge in [-0.2, -0.15) is 0 Å². The molecule has 0 fully saturated rings. The number of thiazole rings is 1. The predicted octanol–water partition coefficient (Wildman–Crippen LogP) is 5.26. The highest BCUT2D eigenvalue weighted by Gasteiger charge is 2.32. The molecular weight excluding hydrogens is 462 g/mol. The van der Waals surface area contributed by atoms with Gasteiger partial charge in [0.1, 0.15) is 10.9 Å². The Morgan fingerprint density at radius 2 is 1.88 bits per heavy atom. The number of halogens is 1. The van der Waals surface area contributed by atoms with Gasteiger partial charge in [0.2, 0.25) is 0 Å². The maximum atomic E-state index is 13.7. The SMILES string of the molecule is CCCCCN(C(=O)C(NC(=O)c1ccccc1Cl)C(C)C)c1nc(C)c(C(=O)OCC)s1. The lowest BCUT2D eigenvalue weighted by molar-refractivity contribution is -0.121. The van der Waals surface area contributed by atoms with Crippen LogP contribution in [0.4, 0.5) is 5.13 Å². The van der Waals surface area contributed by atoms with Crippen LogP contribution in [0.25, 0.3) is 0 Å². The van der Waals surface area contributed by atoms with E-state index in [0.717, 1.165) is 30.6 Å². The third-order valence-electron chi connectivity index (χ3n) is 5.07. The molecule has 0 aliphatic rings. The molecule has 2 amide bonds. The number of rotatable bonds is 11. The van der Waals surface area contributed by atoms with Crippen molar-refractivity contribution in [2.75, 3.05) is 18.1 Å². The van der Waals surface area contributed by atoms with Crippen LogP contribution in [0.2, 0.25) is 5.02 Å². The van der Waals surface area contributed by atoms with Crippen molar-refractivity contribution in [3.8, 4) is 0 Å². The van der Waals surface area contributed by atoms with E-state index in [1.807, 2.05) is 13.8 Å². The van der Waals surface area contributed by atoms with Gasteiger partial charge < -0.3 is 10.1 Å². The number of nitrogens with zero attached hydrogens (tertiary/aromatic N) is 2. The Kier molecular flexibility index (Phi) is 10.3. The van der Waals surface area contributed by atoms with E-state index >= 15 is 0 Å². The van der Waals surface area contributed by atoms with Crippen molar-refractivity contribution in [1.82, 2.24) is 10.3 Å². The molecule has 1 N–H and O–H groups in total. The molecule has 1 atom stereocenters. The number of carbonyl (C=O) groups is 3. The minimum absolute atomic E-state index is 0.178. The Bertz CT molecular complexity index is 976. The van der Waals surface area contributed by atoms with Gasteiger partial charge in [-0.05, 0) is 38.3 Å². The van der Waals surface area contributed by atoms with Gasteiger partial charge in [-0.15, -0.1) is 0 Å². The van der Waals surface area contributed by atoms with Crippen molar-refractivity contribution >= 4 is 45.9 Å². The van der Waals surface area contributed by atoms with Crippen LogP contribution in [0.3, 0.4) is 0 Å². The number of aromatic nitrogens is 1. The number of esters is 1. The Morgan fingerprint density at radius 3 is 2.48 bits per heavy atom. The van der Waals surface area contributed by atoms with E-state index in [0.29, 0.717) is 32.8 Å². The number of hydrogen-bond donors (Lipinski definition) is 1. The molecule has 0 bridgehead atoms. The first-order valence-corrected chi connectivity index (χ1v) is 12.4. The maximum Gasteiger partial charge on any atom is 0.350 e. The summed E-state index contributed by atoms with van der Waals surface area (Å²) < 4.78 is 5.12. The highest BCUT2D eigenvalue weighted by molar-refractivity contribution is 7.17. The second-order valence-corrected chi connectivity index (χ2v) is 9.39. The molecule has 2 rings (SSSR count). The molecule has 7 nitrogen and oxygen atoms in total. The van der Waals surface area contributed by atoms with Gasteiger partial charge in [-0.3, -0.25) is 14.5 Å². The van der Waals surface area contributed by atoms with Gasteiger partial charge in [0, 0.05) is 6.54 Å². The monoisotopic (exact) mass is 493 g/mol. The number of aryl methyl sites for hydroxylation is 1. The molecule has 0 radical (unpaired) electrons. The molecule has 33 heavy (non-hydrogen) atoms. The van der Waals surface area contributed by atoms with Crippen LogP contribution in [0.5, 0.6) is 0 Å². The lowest BCUT2D eigenvalue weighted by Gasteiger charge is -2.28. The first kappa shape index (κ1) is 26.8. The third kappa shape index (κ3) is 7.01. The fourth-order valence-electron chi connectivity index (χ4n) is 3.25. The van der Waals surface area contributed by atoms with Gasteiger partial charge in [-0.25, -0.2) is 9.78 Å². The maximum absolute atomic E-state index is 13.7. The summed E-state index contributed by atoms with van der Waals surface area (Å²) in [6.07, 6.45) is 2.71. The van der Waals surface area contributed by atoms with E-state index in [9.17, 15) is 14.4 Å². The predicted molar refractivity (Wildman–Crippen MR) is 132 cm³/mol. The van der Waals surface area contributed by atoms with E-state index < -0.39 is 17.9 Å². The molecule has 180 valence electrons. The van der Waals surface area contributed by atoms with Crippen LogP contribution in [0, 0.1) is 12.8 Å². The van der Waals surface area contributed by atoms with Gasteiger partial charge in [0.25, 0.3) is 11.8 Å². The highest BCUT2D eigenvalue weighted by Crippen LogP contribution is 2.28. The number of amides is 2. The summed E-state index contributed by atoms with van der Waals surface area (Å²) in [5.74, 6) is -1.32. The first-order chi connectivity index (χ1) is 15.7. The van der Waals surface area contributed by atoms with Crippen LogP contribution < -0.4 is 10.2 Å². The summed E-state index contributed by atoms with van der Waals surface area (Å²) in [6, 6.07) is 5.93. The van der Waals surface area contributed by atoms with E-state index in [1.54, 1.807) is 43.0 Å². The molecule has 0 saturated carbocycles. The minimum atomic E-state index is -0.786. The average Bonchev–Trinajstić information content (AvgIpc) is 3.16. The second-order valence-electron chi connectivity index (χ2n) is 8.00. The summed E-state index contributed by atoms with van der Waals surface area (Å²) in [6.45, 7) is 9.99. The summed E-state index contributed by atoms with van der Waals surface area (Å²) in [7, 11) is 0. The number of nitrogens with one attached hydrogen (secondary N) is 1. The Morgan fingerprint density at radius 1 is 1.18 bits per heavy atom. The molecular formula is C24H32ClN3O4S. The number of benzene rings is 1. The number of hydrogen-bond acceptors (Lipinski definition) is 6. The molecule has 1 unspecified atom stereocenters. The number of anilines is 1. The van der Waals surface area contributed by atoms with E-state index in [2.05, 4.69) is 17.2 Å². The van der Waals surface area contributed by atoms with Gasteiger partial charge in [0.15, 0.2) is 5.13 Å². The number of ether oxygens (including phenoxy) is 1. The molecule has 0 aliphatic heterocycles. The topological polar surface area (TPSA) is 88.6 Å². The van der Waals surface area contributed by atoms with E-state index in [1.165, 1.54) is 0 Å². The average molecular weight is 494 g/mol. The van der Waals surface area contributed by atoms with Crippen LogP contribution >= 0.6 is 22.9 Å². The molecule has 1 heterocycles. The lowest BCUT2D eigenvalue weighted by Crippen LogP contribution is -2.51. The Hall–Kier alpha value is -2.45. The fourth-order valence-corrected chi connectivity index (χ4v) is 4.46. The third-order valence-corrected chi connectivity index (χ3v) is 6.56. The second kappa shape index (κ2) is 12.7. The molecule has 1 aromatic carbocycles. The minimum Gasteiger partial charge on any atom is -0.462 e. The zero-order valence-electron chi connectivity index (χ0n) is 19.8. The van der Waals surface area contributed by atoms with Crippen LogP contribution in [0.1, 0.15) is 72.7 Å². The van der Waals surface area contributed by atoms with Crippen molar-refractivity contribution in [2.24, 2.45) is 5.92 Å². The van der Waals surface area contributed by atoms with E-state index in [-0.39, 0.29) is 18.4 Å². The van der Waals surface area contributed by atoms with Gasteiger partial charge in [-0.1, -0.05) is 68.7 Å². The van der Waals surface area contributed by atoms with Gasteiger partial charge in [0.05, 0.1) is 22.9 Å². The Balaban J connectivity index is 2.35. The number of unbranched alkanes of at least 4 members (excludes halogenated alkanes) is 2. The lowest BCUT2D eigenvalue weighted by atomic mass is 10.0. The normalized spacial score (nSPS) is 11.8. The zero-order chi connectivity index (χ0) is 24.5. The quantitative estimate of drug-likeness (QED) is 0.340. The Labute approximate surface area is 204 Å². The van der Waals surface area contributed by atoms with Gasteiger partial charge >= 0.3 is 5.97 Å². The summed E-state index contributed by atoms with van der Waals surface area (Å²) in [5, 5.41) is 3.59. The molecule has 0 spiro atoms. The molecule has 0 saturated heterocycles. The van der Waals surface area contributed by atoms with Crippen LogP contribution in [0.15, 0.2) is 24.3 Å². The van der Waals surface area contributed by atoms with E-state index in [4.69, 9.17) is 16.3 Å². The molecule has 1 aromatic heterocycles. The summed E-state index contributed by atoms with van der Waals surface area (Å²) in [5.41, 5.74) is 0.827. The van der Waals surface area contributed by atoms with Crippen molar-refractivity contribution in [2.45, 2.75) is 59.9 Å². The molecule has 2 aromatic rings. The largest absolute Gasteiger partial charge is 0.462 e. The van der Waals surface area contributed by atoms with Crippen molar-refractivity contribution in [3.63, 3.8) is 0 Å². The van der Waals surface area contributed by atoms with Crippen molar-refractivity contribution in [3.05, 3.63) is 45.4 Å². The summed E-state index contributed by atoms with van der Waals surface area (Å²) in [4.78, 5) is 45.3. The fraction of sp³-hybridized carbons (Fsp3) is 0.500. The standard InChI is InChI=1S/C24H32ClN3O4S/c1-6-8-11-14-28(24-26-16(5)20(33-24)23(31)32-7-2)22(30)19(15(3)4)27-21(29)17-12-9-10-13-18(17)25/h9-10,12-13,15,19H,6-8,11,14H2,1-5H3,(H,27,29). The van der Waals surface area contributed by atoms with Crippen molar-refractivity contribution in [1.29, 1.82) is 0 Å². The van der Waals surface area contributed by atoms with Crippen LogP contribution in [-0.4, -0.2) is 42.0 Å². The highest BCUT2D eigenvalue weighted by atomic mass is 35.5. The molecule has 0 aliphatic carbocycles. The first-order valence-electron chi connectivity index (χ1n) is 11.2.